The number of nitrogens with zero attached hydrogens (tertiary/aromatic N) is 7. The van der Waals surface area contributed by atoms with Crippen molar-refractivity contribution in [2.75, 3.05) is 11.4 Å². The number of rotatable bonds is 4. The number of hydrogen-bond donors (Lipinski definition) is 0. The molecule has 0 N–H and O–H groups in total. The molecule has 4 fully saturated rings. The molecule has 4 aromatic heterocycles. The van der Waals surface area contributed by atoms with Gasteiger partial charge >= 0.3 is 0 Å². The molecule has 2 aliphatic heterocycles. The summed E-state index contributed by atoms with van der Waals surface area (Å²) in [7, 11) is 0. The maximum absolute atomic E-state index is 13.6. The largest absolute Gasteiger partial charge is 0.352 e. The zero-order valence-electron chi connectivity index (χ0n) is 15.5. The summed E-state index contributed by atoms with van der Waals surface area (Å²) in [5.74, 6) is 2.29. The van der Waals surface area contributed by atoms with Crippen molar-refractivity contribution < 1.29 is 8.91 Å². The van der Waals surface area contributed by atoms with Gasteiger partial charge in [0.25, 0.3) is 5.56 Å². The number of fused-ring (bicyclic) bond motifs is 2. The Balaban J connectivity index is 1.16. The highest BCUT2D eigenvalue weighted by molar-refractivity contribution is 5.72. The van der Waals surface area contributed by atoms with Gasteiger partial charge in [-0.05, 0) is 24.1 Å². The van der Waals surface area contributed by atoms with E-state index in [2.05, 4.69) is 30.0 Å². The van der Waals surface area contributed by atoms with Crippen molar-refractivity contribution in [2.45, 2.75) is 18.0 Å². The molecular weight excluding hydrogens is 389 g/mol. The Hall–Kier alpha value is -3.69. The fourth-order valence-electron chi connectivity index (χ4n) is 5.28. The molecule has 148 valence electrons. The molecule has 4 aliphatic rings. The number of piperidine rings is 1. The minimum Gasteiger partial charge on any atom is -0.352 e. The Morgan fingerprint density at radius 3 is 3.03 bits per heavy atom. The highest BCUT2D eigenvalue weighted by Crippen LogP contribution is 2.85. The van der Waals surface area contributed by atoms with Gasteiger partial charge in [0.15, 0.2) is 11.5 Å². The van der Waals surface area contributed by atoms with E-state index in [0.717, 1.165) is 6.54 Å². The van der Waals surface area contributed by atoms with E-state index in [0.29, 0.717) is 40.4 Å². The maximum Gasteiger partial charge on any atom is 0.263 e. The van der Waals surface area contributed by atoms with Crippen LogP contribution in [-0.2, 0) is 12.0 Å². The lowest BCUT2D eigenvalue weighted by atomic mass is 10.1. The zero-order valence-corrected chi connectivity index (χ0v) is 15.5. The van der Waals surface area contributed by atoms with Gasteiger partial charge in [-0.25, -0.2) is 19.3 Å². The second kappa shape index (κ2) is 5.26. The Bertz CT molecular complexity index is 1400. The van der Waals surface area contributed by atoms with Crippen LogP contribution < -0.4 is 10.5 Å². The lowest BCUT2D eigenvalue weighted by Gasteiger charge is -2.17. The van der Waals surface area contributed by atoms with Gasteiger partial charge < -0.3 is 9.42 Å². The molecule has 2 bridgehead atoms. The van der Waals surface area contributed by atoms with Crippen molar-refractivity contribution in [3.63, 3.8) is 0 Å². The minimum atomic E-state index is -0.292. The van der Waals surface area contributed by atoms with Crippen molar-refractivity contribution in [1.29, 1.82) is 0 Å². The van der Waals surface area contributed by atoms with Crippen molar-refractivity contribution in [3.05, 3.63) is 70.9 Å². The van der Waals surface area contributed by atoms with E-state index in [1.165, 1.54) is 29.2 Å². The Labute approximate surface area is 168 Å². The van der Waals surface area contributed by atoms with Gasteiger partial charge in [-0.3, -0.25) is 9.36 Å². The van der Waals surface area contributed by atoms with Gasteiger partial charge in [0.1, 0.15) is 24.5 Å². The van der Waals surface area contributed by atoms with E-state index in [-0.39, 0.29) is 29.4 Å². The normalized spacial score (nSPS) is 28.0. The van der Waals surface area contributed by atoms with E-state index in [1.54, 1.807) is 18.3 Å². The summed E-state index contributed by atoms with van der Waals surface area (Å²) in [5, 5.41) is 4.65. The molecule has 0 aromatic carbocycles. The van der Waals surface area contributed by atoms with E-state index in [9.17, 15) is 9.18 Å². The summed E-state index contributed by atoms with van der Waals surface area (Å²) in [6.07, 6.45) is 4.53. The third-order valence-electron chi connectivity index (χ3n) is 6.70. The summed E-state index contributed by atoms with van der Waals surface area (Å²) in [5.41, 5.74) is 0.0853. The van der Waals surface area contributed by atoms with Crippen molar-refractivity contribution in [2.24, 2.45) is 11.8 Å². The first-order chi connectivity index (χ1) is 14.7. The summed E-state index contributed by atoms with van der Waals surface area (Å²) in [4.78, 5) is 32.0. The number of hydrogen-bond acceptors (Lipinski definition) is 8. The number of halogens is 1. The van der Waals surface area contributed by atoms with Gasteiger partial charge in [-0.2, -0.15) is 4.98 Å². The Kier molecular flexibility index (Phi) is 2.83. The SMILES string of the molecule is O=c1c2cccnc2ncn1Cc1nc([C@@]23C4[C@H]2[C@H]3CN4c2cc(F)ccn2)no1. The fourth-order valence-corrected chi connectivity index (χ4v) is 5.28. The summed E-state index contributed by atoms with van der Waals surface area (Å²) >= 11 is 0. The molecule has 2 saturated heterocycles. The van der Waals surface area contributed by atoms with Gasteiger partial charge in [0.05, 0.1) is 10.8 Å². The maximum atomic E-state index is 13.6. The van der Waals surface area contributed by atoms with Crippen molar-refractivity contribution in [1.82, 2.24) is 29.7 Å². The molecule has 6 heterocycles. The van der Waals surface area contributed by atoms with Crippen LogP contribution in [0.4, 0.5) is 10.2 Å². The molecule has 2 aliphatic carbocycles. The molecule has 0 spiro atoms. The number of pyridine rings is 2. The number of anilines is 1. The van der Waals surface area contributed by atoms with Crippen LogP contribution in [0.3, 0.4) is 0 Å². The summed E-state index contributed by atoms with van der Waals surface area (Å²) in [6, 6.07) is 6.44. The van der Waals surface area contributed by atoms with Crippen LogP contribution >= 0.6 is 0 Å². The van der Waals surface area contributed by atoms with Crippen LogP contribution in [0, 0.1) is 17.7 Å². The first-order valence-corrected chi connectivity index (χ1v) is 9.69. The topological polar surface area (TPSA) is 103 Å². The average Bonchev–Trinajstić information content (AvgIpc) is 3.31. The number of aromatic nitrogens is 6. The molecule has 4 atom stereocenters. The van der Waals surface area contributed by atoms with E-state index in [4.69, 9.17) is 4.52 Å². The van der Waals surface area contributed by atoms with Crippen LogP contribution in [0.5, 0.6) is 0 Å². The first kappa shape index (κ1) is 16.1. The zero-order chi connectivity index (χ0) is 20.0. The molecule has 2 saturated carbocycles. The van der Waals surface area contributed by atoms with Crippen LogP contribution in [0.15, 0.2) is 52.3 Å². The van der Waals surface area contributed by atoms with Crippen LogP contribution in [0.1, 0.15) is 11.7 Å². The van der Waals surface area contributed by atoms with Crippen molar-refractivity contribution in [3.8, 4) is 0 Å². The highest BCUT2D eigenvalue weighted by atomic mass is 19.1. The van der Waals surface area contributed by atoms with Gasteiger partial charge in [-0.15, -0.1) is 0 Å². The molecule has 0 amide bonds. The van der Waals surface area contributed by atoms with Gasteiger partial charge in [0, 0.05) is 37.0 Å². The Morgan fingerprint density at radius 2 is 2.17 bits per heavy atom. The van der Waals surface area contributed by atoms with E-state index < -0.39 is 0 Å². The standard InChI is InChI=1S/C20H14FN7O2/c21-10-3-5-22-13(6-10)28-7-12-15-16(28)20(12,15)19-25-14(30-26-19)8-27-9-24-17-11(18(27)29)2-1-4-23-17/h1-6,9,12,15-16H,7-8H2/t12-,15-,16?,20-/m1/s1. The lowest BCUT2D eigenvalue weighted by molar-refractivity contribution is 0.362. The first-order valence-electron chi connectivity index (χ1n) is 9.69. The predicted molar refractivity (Wildman–Crippen MR) is 101 cm³/mol. The Morgan fingerprint density at radius 1 is 1.23 bits per heavy atom. The lowest BCUT2D eigenvalue weighted by Crippen LogP contribution is -2.24. The third kappa shape index (κ3) is 1.90. The second-order valence-electron chi connectivity index (χ2n) is 8.06. The smallest absolute Gasteiger partial charge is 0.263 e. The minimum absolute atomic E-state index is 0.119. The molecule has 4 aromatic rings. The van der Waals surface area contributed by atoms with Crippen LogP contribution in [0.25, 0.3) is 11.0 Å². The predicted octanol–water partition coefficient (Wildman–Crippen LogP) is 1.14. The molecule has 9 nitrogen and oxygen atoms in total. The fraction of sp³-hybridized carbons (Fsp3) is 0.300. The molecule has 30 heavy (non-hydrogen) atoms. The molecule has 1 unspecified atom stereocenters. The van der Waals surface area contributed by atoms with Gasteiger partial charge in [-0.1, -0.05) is 5.16 Å². The summed E-state index contributed by atoms with van der Waals surface area (Å²) in [6.45, 7) is 0.964. The van der Waals surface area contributed by atoms with Gasteiger partial charge in [0.2, 0.25) is 5.89 Å². The van der Waals surface area contributed by atoms with E-state index in [1.807, 2.05) is 0 Å². The van der Waals surface area contributed by atoms with Crippen molar-refractivity contribution >= 4 is 16.9 Å². The summed E-state index contributed by atoms with van der Waals surface area (Å²) < 4.78 is 20.5. The van der Waals surface area contributed by atoms with E-state index >= 15 is 0 Å². The molecular formula is C20H14FN7O2. The van der Waals surface area contributed by atoms with Crippen LogP contribution in [-0.4, -0.2) is 42.2 Å². The molecule has 0 radical (unpaired) electrons. The molecule has 10 heteroatoms. The average molecular weight is 403 g/mol. The third-order valence-corrected chi connectivity index (χ3v) is 6.70. The molecule has 8 rings (SSSR count). The highest BCUT2D eigenvalue weighted by Gasteiger charge is 2.95. The quantitative estimate of drug-likeness (QED) is 0.500. The van der Waals surface area contributed by atoms with Crippen LogP contribution in [0.2, 0.25) is 0 Å². The monoisotopic (exact) mass is 403 g/mol. The second-order valence-corrected chi connectivity index (χ2v) is 8.06.